The predicted molar refractivity (Wildman–Crippen MR) is 144 cm³/mol. The highest BCUT2D eigenvalue weighted by molar-refractivity contribution is 7.48. The molecule has 0 aromatic heterocycles. The number of aryl methyl sites for hydroxylation is 1. The topological polar surface area (TPSA) is 94.5 Å². The molecule has 0 amide bonds. The molecule has 0 bridgehead atoms. The van der Waals surface area contributed by atoms with Crippen LogP contribution in [0.15, 0.2) is 35.9 Å². The molecular weight excluding hydrogens is 493 g/mol. The van der Waals surface area contributed by atoms with Crippen molar-refractivity contribution in [3.63, 3.8) is 0 Å². The van der Waals surface area contributed by atoms with E-state index in [1.165, 1.54) is 5.57 Å². The molecule has 206 valence electrons. The highest BCUT2D eigenvalue weighted by Gasteiger charge is 2.44. The Balaban J connectivity index is 1.87. The second-order valence-electron chi connectivity index (χ2n) is 10.4. The van der Waals surface area contributed by atoms with E-state index in [1.807, 2.05) is 32.0 Å². The fourth-order valence-corrected chi connectivity index (χ4v) is 6.06. The summed E-state index contributed by atoms with van der Waals surface area (Å²) in [6.45, 7) is 10.8. The maximum atomic E-state index is 13.2. The minimum atomic E-state index is -3.85. The smallest absolute Gasteiger partial charge is 0.475 e. The molecule has 9 heteroatoms. The van der Waals surface area contributed by atoms with Crippen molar-refractivity contribution in [2.75, 3.05) is 33.9 Å². The van der Waals surface area contributed by atoms with E-state index in [9.17, 15) is 14.5 Å². The SMILES string of the molecule is C=C(C)[C@@H]1CCC(C)=C[C@H]1c1c(O)cc(CCCCC)cc1OC(=O)C1COP(=O)(OCCN(C)C)O1. The molecule has 1 aromatic rings. The molecule has 1 fully saturated rings. The molecule has 1 aliphatic heterocycles. The quantitative estimate of drug-likeness (QED) is 0.112. The molecule has 37 heavy (non-hydrogen) atoms. The normalized spacial score (nSPS) is 25.8. The van der Waals surface area contributed by atoms with Gasteiger partial charge in [0, 0.05) is 18.0 Å². The van der Waals surface area contributed by atoms with E-state index in [0.717, 1.165) is 49.7 Å². The van der Waals surface area contributed by atoms with E-state index in [-0.39, 0.29) is 36.5 Å². The number of hydrogen-bond acceptors (Lipinski definition) is 8. The van der Waals surface area contributed by atoms with Crippen LogP contribution in [0.5, 0.6) is 11.5 Å². The van der Waals surface area contributed by atoms with Crippen LogP contribution in [0.1, 0.15) is 69.9 Å². The van der Waals surface area contributed by atoms with Crippen molar-refractivity contribution in [1.82, 2.24) is 4.90 Å². The van der Waals surface area contributed by atoms with Crippen molar-refractivity contribution in [2.45, 2.75) is 71.3 Å². The standard InChI is InChI=1S/C28H42NO7P/c1-7-8-9-10-21-16-24(30)27(23-15-20(4)11-12-22(23)19(2)3)25(17-21)35-28(31)26-18-34-37(32,36-26)33-14-13-29(5)6/h15-17,22-23,26,30H,2,7-14,18H2,1,3-6H3/t22-,23+,26?,37?/m0/s1. The first-order valence-corrected chi connectivity index (χ1v) is 14.6. The maximum Gasteiger partial charge on any atom is 0.475 e. The van der Waals surface area contributed by atoms with Gasteiger partial charge in [-0.05, 0) is 77.2 Å². The van der Waals surface area contributed by atoms with Gasteiger partial charge in [0.15, 0.2) is 6.10 Å². The van der Waals surface area contributed by atoms with Gasteiger partial charge in [-0.2, -0.15) is 0 Å². The molecule has 0 saturated carbocycles. The number of phenols is 1. The fraction of sp³-hybridized carbons (Fsp3) is 0.607. The maximum absolute atomic E-state index is 13.2. The lowest BCUT2D eigenvalue weighted by molar-refractivity contribution is -0.141. The van der Waals surface area contributed by atoms with Crippen LogP contribution in [-0.4, -0.2) is 55.9 Å². The summed E-state index contributed by atoms with van der Waals surface area (Å²) >= 11 is 0. The molecule has 1 aromatic carbocycles. The average molecular weight is 536 g/mol. The zero-order valence-corrected chi connectivity index (χ0v) is 23.7. The van der Waals surface area contributed by atoms with Gasteiger partial charge in [0.25, 0.3) is 0 Å². The Hall–Kier alpha value is -1.96. The van der Waals surface area contributed by atoms with Gasteiger partial charge in [-0.25, -0.2) is 9.36 Å². The lowest BCUT2D eigenvalue weighted by atomic mass is 9.73. The summed E-state index contributed by atoms with van der Waals surface area (Å²) in [7, 11) is -0.122. The highest BCUT2D eigenvalue weighted by Crippen LogP contribution is 2.55. The first kappa shape index (κ1) is 29.6. The van der Waals surface area contributed by atoms with Crippen LogP contribution < -0.4 is 4.74 Å². The first-order chi connectivity index (χ1) is 17.5. The number of phosphoric ester groups is 1. The number of nitrogens with zero attached hydrogens (tertiary/aromatic N) is 1. The number of rotatable bonds is 12. The van der Waals surface area contributed by atoms with Crippen LogP contribution in [-0.2, 0) is 29.4 Å². The van der Waals surface area contributed by atoms with E-state index in [2.05, 4.69) is 26.5 Å². The zero-order chi connectivity index (χ0) is 27.2. The molecule has 1 saturated heterocycles. The van der Waals surface area contributed by atoms with Gasteiger partial charge in [-0.1, -0.05) is 43.6 Å². The van der Waals surface area contributed by atoms with Crippen molar-refractivity contribution in [2.24, 2.45) is 5.92 Å². The molecule has 2 aliphatic rings. The van der Waals surface area contributed by atoms with Gasteiger partial charge >= 0.3 is 13.8 Å². The van der Waals surface area contributed by atoms with Gasteiger partial charge in [0.2, 0.25) is 0 Å². The monoisotopic (exact) mass is 535 g/mol. The number of ether oxygens (including phenoxy) is 1. The number of phosphoric acid groups is 1. The molecule has 3 rings (SSSR count). The lowest BCUT2D eigenvalue weighted by Crippen LogP contribution is -2.28. The number of likely N-dealkylation sites (N-methyl/N-ethyl adjacent to an activating group) is 1. The molecule has 1 aliphatic carbocycles. The summed E-state index contributed by atoms with van der Waals surface area (Å²) in [4.78, 5) is 15.0. The third kappa shape index (κ3) is 8.01. The molecule has 1 N–H and O–H groups in total. The third-order valence-electron chi connectivity index (χ3n) is 6.86. The number of esters is 1. The molecule has 0 spiro atoms. The molecule has 1 heterocycles. The largest absolute Gasteiger partial charge is 0.507 e. The van der Waals surface area contributed by atoms with E-state index in [0.29, 0.717) is 12.1 Å². The third-order valence-corrected chi connectivity index (χ3v) is 8.34. The van der Waals surface area contributed by atoms with Crippen molar-refractivity contribution in [1.29, 1.82) is 0 Å². The number of carbonyl (C=O) groups is 1. The van der Waals surface area contributed by atoms with Gasteiger partial charge in [-0.15, -0.1) is 0 Å². The van der Waals surface area contributed by atoms with Crippen LogP contribution in [0.4, 0.5) is 0 Å². The minimum Gasteiger partial charge on any atom is -0.507 e. The Labute approximate surface area is 221 Å². The van der Waals surface area contributed by atoms with E-state index in [1.54, 1.807) is 6.07 Å². The number of allylic oxidation sites excluding steroid dienone is 3. The van der Waals surface area contributed by atoms with Crippen molar-refractivity contribution in [3.05, 3.63) is 47.1 Å². The average Bonchev–Trinajstić information content (AvgIpc) is 3.21. The van der Waals surface area contributed by atoms with Gasteiger partial charge in [0.1, 0.15) is 11.5 Å². The fourth-order valence-electron chi connectivity index (χ4n) is 4.78. The summed E-state index contributed by atoms with van der Waals surface area (Å²) in [5.41, 5.74) is 3.68. The van der Waals surface area contributed by atoms with Crippen LogP contribution in [0, 0.1) is 5.92 Å². The molecule has 8 nitrogen and oxygen atoms in total. The van der Waals surface area contributed by atoms with E-state index < -0.39 is 19.9 Å². The van der Waals surface area contributed by atoms with Gasteiger partial charge < -0.3 is 14.7 Å². The number of hydrogen-bond donors (Lipinski definition) is 1. The van der Waals surface area contributed by atoms with Gasteiger partial charge in [-0.3, -0.25) is 13.6 Å². The van der Waals surface area contributed by atoms with Crippen LogP contribution in [0.3, 0.4) is 0 Å². The van der Waals surface area contributed by atoms with Crippen molar-refractivity contribution in [3.8, 4) is 11.5 Å². The molecular formula is C28H42NO7P. The number of carbonyl (C=O) groups excluding carboxylic acids is 1. The highest BCUT2D eigenvalue weighted by atomic mass is 31.2. The summed E-state index contributed by atoms with van der Waals surface area (Å²) in [5.74, 6) is -0.421. The Morgan fingerprint density at radius 1 is 1.30 bits per heavy atom. The van der Waals surface area contributed by atoms with Gasteiger partial charge in [0.05, 0.1) is 13.2 Å². The van der Waals surface area contributed by atoms with E-state index in [4.69, 9.17) is 18.3 Å². The summed E-state index contributed by atoms with van der Waals surface area (Å²) in [5, 5.41) is 11.2. The number of benzene rings is 1. The number of aromatic hydroxyl groups is 1. The predicted octanol–water partition coefficient (Wildman–Crippen LogP) is 6.15. The second-order valence-corrected chi connectivity index (χ2v) is 12.0. The first-order valence-electron chi connectivity index (χ1n) is 13.2. The number of phenolic OH excluding ortho intramolecular Hbond substituents is 1. The van der Waals surface area contributed by atoms with Crippen LogP contribution >= 0.6 is 7.82 Å². The Bertz CT molecular complexity index is 1050. The Kier molecular flexibility index (Phi) is 10.6. The molecule has 2 unspecified atom stereocenters. The molecule has 0 radical (unpaired) electrons. The van der Waals surface area contributed by atoms with Crippen LogP contribution in [0.25, 0.3) is 0 Å². The number of unbranched alkanes of at least 4 members (excludes halogenated alkanes) is 2. The Morgan fingerprint density at radius 3 is 2.73 bits per heavy atom. The van der Waals surface area contributed by atoms with Crippen molar-refractivity contribution < 1.29 is 32.8 Å². The zero-order valence-electron chi connectivity index (χ0n) is 22.8. The summed E-state index contributed by atoms with van der Waals surface area (Å²) < 4.78 is 34.5. The van der Waals surface area contributed by atoms with E-state index >= 15 is 0 Å². The van der Waals surface area contributed by atoms with Crippen molar-refractivity contribution >= 4 is 13.8 Å². The minimum absolute atomic E-state index is 0.0975. The summed E-state index contributed by atoms with van der Waals surface area (Å²) in [6, 6.07) is 3.61. The Morgan fingerprint density at radius 2 is 2.05 bits per heavy atom. The summed E-state index contributed by atoms with van der Waals surface area (Å²) in [6.07, 6.45) is 6.67. The second kappa shape index (κ2) is 13.2. The molecule has 4 atom stereocenters. The lowest BCUT2D eigenvalue weighted by Gasteiger charge is -2.32. The van der Waals surface area contributed by atoms with Crippen LogP contribution in [0.2, 0.25) is 0 Å².